The Morgan fingerprint density at radius 1 is 1.10 bits per heavy atom. The lowest BCUT2D eigenvalue weighted by Gasteiger charge is -2.10. The number of hydrogen-bond donors (Lipinski definition) is 1. The van der Waals surface area contributed by atoms with E-state index >= 15 is 0 Å². The summed E-state index contributed by atoms with van der Waals surface area (Å²) in [7, 11) is 0. The molecule has 4 nitrogen and oxygen atoms in total. The summed E-state index contributed by atoms with van der Waals surface area (Å²) >= 11 is 0. The molecule has 112 valence electrons. The number of rotatable bonds is 5. The quantitative estimate of drug-likeness (QED) is 0.914. The lowest BCUT2D eigenvalue weighted by atomic mass is 10.1. The molecule has 1 N–H and O–H groups in total. The molecule has 0 fully saturated rings. The fourth-order valence-corrected chi connectivity index (χ4v) is 2.18. The molecule has 5 heteroatoms. The van der Waals surface area contributed by atoms with E-state index in [1.165, 1.54) is 0 Å². The van der Waals surface area contributed by atoms with Crippen LogP contribution in [-0.4, -0.2) is 16.6 Å². The van der Waals surface area contributed by atoms with Crippen molar-refractivity contribution in [3.63, 3.8) is 0 Å². The molecule has 0 saturated heterocycles. The zero-order valence-electron chi connectivity index (χ0n) is 12.8. The van der Waals surface area contributed by atoms with Gasteiger partial charge in [0.2, 0.25) is 5.88 Å². The van der Waals surface area contributed by atoms with E-state index in [9.17, 15) is 4.39 Å². The third-order valence-corrected chi connectivity index (χ3v) is 3.08. The van der Waals surface area contributed by atoms with Gasteiger partial charge in [-0.25, -0.2) is 9.37 Å². The number of halogens is 1. The van der Waals surface area contributed by atoms with Crippen molar-refractivity contribution in [1.29, 1.82) is 0 Å². The second kappa shape index (κ2) is 6.52. The zero-order chi connectivity index (χ0) is 15.4. The van der Waals surface area contributed by atoms with Crippen molar-refractivity contribution in [1.82, 2.24) is 9.97 Å². The summed E-state index contributed by atoms with van der Waals surface area (Å²) in [5.74, 6) is 1.76. The summed E-state index contributed by atoms with van der Waals surface area (Å²) < 4.78 is 19.0. The van der Waals surface area contributed by atoms with Gasteiger partial charge in [-0.3, -0.25) is 0 Å². The summed E-state index contributed by atoms with van der Waals surface area (Å²) in [6.07, 6.45) is 0. The van der Waals surface area contributed by atoms with E-state index in [1.54, 1.807) is 19.9 Å². The van der Waals surface area contributed by atoms with E-state index in [0.717, 1.165) is 5.56 Å². The molecule has 1 aromatic heterocycles. The Labute approximate surface area is 124 Å². The van der Waals surface area contributed by atoms with Crippen LogP contribution in [0.2, 0.25) is 0 Å². The van der Waals surface area contributed by atoms with E-state index < -0.39 is 0 Å². The molecular formula is C16H20FN3O. The molecule has 1 aromatic carbocycles. The predicted molar refractivity (Wildman–Crippen MR) is 81.1 cm³/mol. The van der Waals surface area contributed by atoms with Crippen molar-refractivity contribution in [2.45, 2.75) is 34.2 Å². The number of nitrogens with zero attached hydrogens (tertiary/aromatic N) is 2. The fourth-order valence-electron chi connectivity index (χ4n) is 2.18. The maximum absolute atomic E-state index is 13.6. The van der Waals surface area contributed by atoms with Gasteiger partial charge in [0.25, 0.3) is 0 Å². The minimum absolute atomic E-state index is 0.143. The van der Waals surface area contributed by atoms with Gasteiger partial charge in [0, 0.05) is 12.6 Å². The maximum atomic E-state index is 13.6. The average Bonchev–Trinajstić information content (AvgIpc) is 2.42. The lowest BCUT2D eigenvalue weighted by molar-refractivity contribution is 0.325. The maximum Gasteiger partial charge on any atom is 0.218 e. The van der Waals surface area contributed by atoms with Gasteiger partial charge in [-0.05, 0) is 44.4 Å². The normalized spacial score (nSPS) is 10.5. The molecule has 0 radical (unpaired) electrons. The smallest absolute Gasteiger partial charge is 0.218 e. The van der Waals surface area contributed by atoms with Gasteiger partial charge in [-0.15, -0.1) is 0 Å². The van der Waals surface area contributed by atoms with Gasteiger partial charge in [0.05, 0.1) is 6.61 Å². The standard InChI is InChI=1S/C16H20FN3O/c1-5-21-15-8-14(19-12(4)20-15)18-9-13-6-10(2)16(17)11(3)7-13/h6-8H,5,9H2,1-4H3,(H,18,19,20). The van der Waals surface area contributed by atoms with Gasteiger partial charge in [0.1, 0.15) is 17.5 Å². The number of ether oxygens (including phenoxy) is 1. The number of aromatic nitrogens is 2. The molecule has 0 bridgehead atoms. The van der Waals surface area contributed by atoms with Crippen molar-refractivity contribution in [3.8, 4) is 5.88 Å². The SMILES string of the molecule is CCOc1cc(NCc2cc(C)c(F)c(C)c2)nc(C)n1. The monoisotopic (exact) mass is 289 g/mol. The summed E-state index contributed by atoms with van der Waals surface area (Å²) in [6, 6.07) is 5.44. The largest absolute Gasteiger partial charge is 0.478 e. The van der Waals surface area contributed by atoms with Crippen LogP contribution in [0.4, 0.5) is 10.2 Å². The Morgan fingerprint density at radius 2 is 1.76 bits per heavy atom. The second-order valence-corrected chi connectivity index (χ2v) is 4.97. The van der Waals surface area contributed by atoms with Gasteiger partial charge in [-0.1, -0.05) is 12.1 Å². The molecule has 0 atom stereocenters. The van der Waals surface area contributed by atoms with Crippen LogP contribution in [0.1, 0.15) is 29.4 Å². The first-order valence-corrected chi connectivity index (χ1v) is 6.97. The van der Waals surface area contributed by atoms with E-state index in [0.29, 0.717) is 41.8 Å². The molecule has 2 rings (SSSR count). The Morgan fingerprint density at radius 3 is 2.38 bits per heavy atom. The van der Waals surface area contributed by atoms with Crippen LogP contribution < -0.4 is 10.1 Å². The van der Waals surface area contributed by atoms with Crippen LogP contribution in [0.15, 0.2) is 18.2 Å². The van der Waals surface area contributed by atoms with Crippen LogP contribution in [0.3, 0.4) is 0 Å². The first kappa shape index (κ1) is 15.2. The molecule has 0 amide bonds. The Balaban J connectivity index is 2.12. The third-order valence-electron chi connectivity index (χ3n) is 3.08. The van der Waals surface area contributed by atoms with E-state index in [4.69, 9.17) is 4.74 Å². The predicted octanol–water partition coefficient (Wildman–Crippen LogP) is 3.55. The molecule has 0 saturated carbocycles. The van der Waals surface area contributed by atoms with Crippen molar-refractivity contribution >= 4 is 5.82 Å². The highest BCUT2D eigenvalue weighted by Crippen LogP contribution is 2.17. The molecular weight excluding hydrogens is 269 g/mol. The van der Waals surface area contributed by atoms with Crippen LogP contribution in [-0.2, 0) is 6.54 Å². The lowest BCUT2D eigenvalue weighted by Crippen LogP contribution is -2.06. The summed E-state index contributed by atoms with van der Waals surface area (Å²) in [5.41, 5.74) is 2.32. The second-order valence-electron chi connectivity index (χ2n) is 4.97. The molecule has 0 aliphatic heterocycles. The van der Waals surface area contributed by atoms with Crippen molar-refractivity contribution in [2.24, 2.45) is 0 Å². The highest BCUT2D eigenvalue weighted by atomic mass is 19.1. The number of anilines is 1. The molecule has 2 aromatic rings. The van der Waals surface area contributed by atoms with Crippen molar-refractivity contribution in [2.75, 3.05) is 11.9 Å². The van der Waals surface area contributed by atoms with Crippen LogP contribution in [0.5, 0.6) is 5.88 Å². The summed E-state index contributed by atoms with van der Waals surface area (Å²) in [4.78, 5) is 8.51. The molecule has 0 aliphatic carbocycles. The first-order chi connectivity index (χ1) is 9.99. The topological polar surface area (TPSA) is 47.0 Å². The molecule has 1 heterocycles. The number of nitrogens with one attached hydrogen (secondary N) is 1. The van der Waals surface area contributed by atoms with Crippen LogP contribution in [0.25, 0.3) is 0 Å². The van der Waals surface area contributed by atoms with E-state index in [1.807, 2.05) is 26.0 Å². The fraction of sp³-hybridized carbons (Fsp3) is 0.375. The van der Waals surface area contributed by atoms with Gasteiger partial charge in [-0.2, -0.15) is 4.98 Å². The Hall–Kier alpha value is -2.17. The van der Waals surface area contributed by atoms with E-state index in [-0.39, 0.29) is 5.82 Å². The average molecular weight is 289 g/mol. The first-order valence-electron chi connectivity index (χ1n) is 6.97. The number of hydrogen-bond acceptors (Lipinski definition) is 4. The van der Waals surface area contributed by atoms with Crippen LogP contribution >= 0.6 is 0 Å². The van der Waals surface area contributed by atoms with Crippen molar-refractivity contribution < 1.29 is 9.13 Å². The third kappa shape index (κ3) is 3.90. The van der Waals surface area contributed by atoms with Crippen molar-refractivity contribution in [3.05, 3.63) is 46.5 Å². The van der Waals surface area contributed by atoms with Gasteiger partial charge < -0.3 is 10.1 Å². The molecule has 0 aliphatic rings. The van der Waals surface area contributed by atoms with Crippen LogP contribution in [0, 0.1) is 26.6 Å². The summed E-state index contributed by atoms with van der Waals surface area (Å²) in [5, 5.41) is 3.22. The summed E-state index contributed by atoms with van der Waals surface area (Å²) in [6.45, 7) is 8.41. The molecule has 21 heavy (non-hydrogen) atoms. The molecule has 0 unspecified atom stereocenters. The highest BCUT2D eigenvalue weighted by molar-refractivity contribution is 5.40. The van der Waals surface area contributed by atoms with E-state index in [2.05, 4.69) is 15.3 Å². The van der Waals surface area contributed by atoms with Gasteiger partial charge >= 0.3 is 0 Å². The highest BCUT2D eigenvalue weighted by Gasteiger charge is 2.06. The number of aryl methyl sites for hydroxylation is 3. The van der Waals surface area contributed by atoms with Gasteiger partial charge in [0.15, 0.2) is 0 Å². The Kier molecular flexibility index (Phi) is 4.73. The Bertz CT molecular complexity index is 620. The zero-order valence-corrected chi connectivity index (χ0v) is 12.8. The minimum atomic E-state index is -0.143. The molecule has 0 spiro atoms. The number of benzene rings is 1. The minimum Gasteiger partial charge on any atom is -0.478 e.